The summed E-state index contributed by atoms with van der Waals surface area (Å²) in [7, 11) is -0.297. The molecule has 3 heteroatoms. The van der Waals surface area contributed by atoms with Crippen molar-refractivity contribution in [3.8, 4) is 11.1 Å². The second kappa shape index (κ2) is 5.99. The van der Waals surface area contributed by atoms with Crippen LogP contribution in [0, 0.1) is 0 Å². The monoisotopic (exact) mass is 306 g/mol. The normalized spacial score (nSPS) is 19.4. The van der Waals surface area contributed by atoms with E-state index in [2.05, 4.69) is 82.3 Å². The summed E-state index contributed by atoms with van der Waals surface area (Å²) in [4.78, 5) is 0. The van der Waals surface area contributed by atoms with Crippen molar-refractivity contribution in [1.82, 2.24) is 0 Å². The van der Waals surface area contributed by atoms with Crippen molar-refractivity contribution in [1.29, 1.82) is 0 Å². The number of hydrogen-bond donors (Lipinski definition) is 0. The lowest BCUT2D eigenvalue weighted by atomic mass is 9.89. The van der Waals surface area contributed by atoms with Crippen LogP contribution in [0.4, 0.5) is 0 Å². The predicted molar refractivity (Wildman–Crippen MR) is 97.0 cm³/mol. The molecule has 2 aromatic carbocycles. The standard InChI is InChI=1S/C20H23BO2/c1-19(2)20(3,4)23-21(22-19)15-14-16-10-12-18(13-11-16)17-8-6-5-7-9-17/h5-15H,1-4H3/b15-14+. The summed E-state index contributed by atoms with van der Waals surface area (Å²) < 4.78 is 11.9. The summed E-state index contributed by atoms with van der Waals surface area (Å²) in [5.41, 5.74) is 3.00. The molecule has 23 heavy (non-hydrogen) atoms. The molecule has 0 saturated carbocycles. The number of benzene rings is 2. The van der Waals surface area contributed by atoms with Crippen LogP contribution in [-0.4, -0.2) is 18.3 Å². The van der Waals surface area contributed by atoms with Crippen molar-refractivity contribution >= 4 is 13.2 Å². The van der Waals surface area contributed by atoms with Gasteiger partial charge in [0.05, 0.1) is 11.2 Å². The minimum absolute atomic E-state index is 0.292. The summed E-state index contributed by atoms with van der Waals surface area (Å²) in [6.45, 7) is 8.26. The maximum Gasteiger partial charge on any atom is 0.487 e. The molecule has 1 saturated heterocycles. The van der Waals surface area contributed by atoms with E-state index < -0.39 is 0 Å². The summed E-state index contributed by atoms with van der Waals surface area (Å²) in [5.74, 6) is 1.98. The molecular weight excluding hydrogens is 283 g/mol. The first kappa shape index (κ1) is 16.0. The molecule has 0 amide bonds. The van der Waals surface area contributed by atoms with E-state index in [9.17, 15) is 0 Å². The number of hydrogen-bond acceptors (Lipinski definition) is 2. The lowest BCUT2D eigenvalue weighted by molar-refractivity contribution is 0.00578. The highest BCUT2D eigenvalue weighted by Crippen LogP contribution is 2.37. The SMILES string of the molecule is CC1(C)OB(/C=C/c2ccc(-c3ccccc3)cc2)OC1(C)C. The highest BCUT2D eigenvalue weighted by molar-refractivity contribution is 6.52. The van der Waals surface area contributed by atoms with Crippen LogP contribution in [-0.2, 0) is 9.31 Å². The van der Waals surface area contributed by atoms with Gasteiger partial charge in [0.25, 0.3) is 0 Å². The zero-order valence-electron chi connectivity index (χ0n) is 14.2. The van der Waals surface area contributed by atoms with Gasteiger partial charge in [-0.2, -0.15) is 0 Å². The molecule has 1 heterocycles. The Bertz CT molecular complexity index is 671. The molecular formula is C20H23BO2. The van der Waals surface area contributed by atoms with E-state index in [4.69, 9.17) is 9.31 Å². The van der Waals surface area contributed by atoms with Crippen LogP contribution < -0.4 is 0 Å². The summed E-state index contributed by atoms with van der Waals surface area (Å²) in [5, 5.41) is 0. The van der Waals surface area contributed by atoms with Gasteiger partial charge in [-0.15, -0.1) is 0 Å². The molecule has 118 valence electrons. The van der Waals surface area contributed by atoms with E-state index in [1.165, 1.54) is 11.1 Å². The van der Waals surface area contributed by atoms with E-state index in [1.54, 1.807) is 0 Å². The quantitative estimate of drug-likeness (QED) is 0.743. The fraction of sp³-hybridized carbons (Fsp3) is 0.300. The Hall–Kier alpha value is -1.84. The highest BCUT2D eigenvalue weighted by atomic mass is 16.7. The van der Waals surface area contributed by atoms with Crippen LogP contribution >= 0.6 is 0 Å². The second-order valence-electron chi connectivity index (χ2n) is 6.97. The molecule has 0 aliphatic carbocycles. The van der Waals surface area contributed by atoms with Crippen molar-refractivity contribution in [3.05, 3.63) is 66.1 Å². The van der Waals surface area contributed by atoms with Gasteiger partial charge >= 0.3 is 7.12 Å². The van der Waals surface area contributed by atoms with Crippen molar-refractivity contribution < 1.29 is 9.31 Å². The van der Waals surface area contributed by atoms with Gasteiger partial charge in [-0.25, -0.2) is 0 Å². The number of rotatable bonds is 3. The van der Waals surface area contributed by atoms with E-state index >= 15 is 0 Å². The minimum Gasteiger partial charge on any atom is -0.400 e. The smallest absolute Gasteiger partial charge is 0.400 e. The molecule has 0 atom stereocenters. The zero-order chi connectivity index (χ0) is 16.5. The van der Waals surface area contributed by atoms with Crippen molar-refractivity contribution in [2.45, 2.75) is 38.9 Å². The molecule has 0 bridgehead atoms. The molecule has 1 fully saturated rings. The fourth-order valence-electron chi connectivity index (χ4n) is 2.57. The van der Waals surface area contributed by atoms with E-state index in [-0.39, 0.29) is 18.3 Å². The van der Waals surface area contributed by atoms with Gasteiger partial charge in [-0.1, -0.05) is 66.6 Å². The van der Waals surface area contributed by atoms with Gasteiger partial charge in [0.1, 0.15) is 0 Å². The highest BCUT2D eigenvalue weighted by Gasteiger charge is 2.49. The molecule has 0 spiro atoms. The Morgan fingerprint density at radius 1 is 0.739 bits per heavy atom. The molecule has 0 aromatic heterocycles. The molecule has 0 N–H and O–H groups in total. The molecule has 0 unspecified atom stereocenters. The first-order chi connectivity index (χ1) is 10.9. The van der Waals surface area contributed by atoms with Crippen LogP contribution in [0.3, 0.4) is 0 Å². The Balaban J connectivity index is 1.70. The third-order valence-electron chi connectivity index (χ3n) is 4.74. The van der Waals surface area contributed by atoms with Gasteiger partial charge < -0.3 is 9.31 Å². The van der Waals surface area contributed by atoms with Gasteiger partial charge in [-0.05, 0) is 44.4 Å². The molecule has 2 aromatic rings. The average Bonchev–Trinajstić information content (AvgIpc) is 2.74. The van der Waals surface area contributed by atoms with E-state index in [0.29, 0.717) is 0 Å². The Morgan fingerprint density at radius 2 is 1.26 bits per heavy atom. The summed E-state index contributed by atoms with van der Waals surface area (Å²) in [6, 6.07) is 18.9. The third-order valence-corrected chi connectivity index (χ3v) is 4.74. The Labute approximate surface area is 139 Å². The van der Waals surface area contributed by atoms with Crippen molar-refractivity contribution in [3.63, 3.8) is 0 Å². The molecule has 2 nitrogen and oxygen atoms in total. The molecule has 0 radical (unpaired) electrons. The molecule has 1 aliphatic rings. The van der Waals surface area contributed by atoms with Gasteiger partial charge in [0.2, 0.25) is 0 Å². The lowest BCUT2D eigenvalue weighted by Crippen LogP contribution is -2.41. The Kier molecular flexibility index (Phi) is 4.18. The largest absolute Gasteiger partial charge is 0.487 e. The first-order valence-corrected chi connectivity index (χ1v) is 8.07. The van der Waals surface area contributed by atoms with E-state index in [1.807, 2.05) is 12.0 Å². The first-order valence-electron chi connectivity index (χ1n) is 8.07. The van der Waals surface area contributed by atoms with Crippen LogP contribution in [0.15, 0.2) is 60.6 Å². The van der Waals surface area contributed by atoms with Crippen molar-refractivity contribution in [2.24, 2.45) is 0 Å². The molecule has 3 rings (SSSR count). The third kappa shape index (κ3) is 3.41. The minimum atomic E-state index is -0.297. The zero-order valence-corrected chi connectivity index (χ0v) is 14.2. The lowest BCUT2D eigenvalue weighted by Gasteiger charge is -2.32. The van der Waals surface area contributed by atoms with Gasteiger partial charge in [0.15, 0.2) is 0 Å². The fourth-order valence-corrected chi connectivity index (χ4v) is 2.57. The van der Waals surface area contributed by atoms with Gasteiger partial charge in [0, 0.05) is 0 Å². The maximum atomic E-state index is 5.97. The van der Waals surface area contributed by atoms with Crippen LogP contribution in [0.25, 0.3) is 17.2 Å². The van der Waals surface area contributed by atoms with Crippen LogP contribution in [0.2, 0.25) is 0 Å². The molecule has 1 aliphatic heterocycles. The van der Waals surface area contributed by atoms with Crippen LogP contribution in [0.5, 0.6) is 0 Å². The maximum absolute atomic E-state index is 5.97. The topological polar surface area (TPSA) is 18.5 Å². The Morgan fingerprint density at radius 3 is 1.83 bits per heavy atom. The summed E-state index contributed by atoms with van der Waals surface area (Å²) >= 11 is 0. The van der Waals surface area contributed by atoms with E-state index in [0.717, 1.165) is 5.56 Å². The second-order valence-corrected chi connectivity index (χ2v) is 6.97. The van der Waals surface area contributed by atoms with Crippen molar-refractivity contribution in [2.75, 3.05) is 0 Å². The van der Waals surface area contributed by atoms with Gasteiger partial charge in [-0.3, -0.25) is 0 Å². The average molecular weight is 306 g/mol. The predicted octanol–water partition coefficient (Wildman–Crippen LogP) is 5.00. The van der Waals surface area contributed by atoms with Crippen LogP contribution in [0.1, 0.15) is 33.3 Å². The summed E-state index contributed by atoms with van der Waals surface area (Å²) in [6.07, 6.45) is 2.05.